The molecule has 2 heteroatoms. The Kier molecular flexibility index (Phi) is 6.29. The van der Waals surface area contributed by atoms with Gasteiger partial charge < -0.3 is 9.47 Å². The fourth-order valence-corrected chi connectivity index (χ4v) is 3.88. The number of ether oxygens (including phenoxy) is 2. The fourth-order valence-electron chi connectivity index (χ4n) is 3.88. The molecular weight excluding hydrogens is 404 g/mol. The van der Waals surface area contributed by atoms with Crippen molar-refractivity contribution in [2.75, 3.05) is 0 Å². The maximum atomic E-state index is 6.38. The normalized spacial score (nSPS) is 17.8. The third-order valence-corrected chi connectivity index (χ3v) is 6.22. The molecule has 0 aromatic heterocycles. The van der Waals surface area contributed by atoms with Crippen molar-refractivity contribution >= 4 is 6.08 Å². The average Bonchev–Trinajstić information content (AvgIpc) is 2.81. The Morgan fingerprint density at radius 3 is 2.27 bits per heavy atom. The SMILES string of the molecule is C=C(OC1=COc2ccc(-c3ccccc3)cc2[C@]1(C)C/C=C/c1ccccc1)C(C)(C)C. The summed E-state index contributed by atoms with van der Waals surface area (Å²) in [4.78, 5) is 0. The molecular formula is C31H32O2. The first-order valence-electron chi connectivity index (χ1n) is 11.4. The molecule has 0 amide bonds. The molecule has 3 aromatic rings. The Bertz CT molecular complexity index is 1180. The van der Waals surface area contributed by atoms with Gasteiger partial charge in [0.05, 0.1) is 5.41 Å². The molecule has 1 aliphatic heterocycles. The van der Waals surface area contributed by atoms with Crippen LogP contribution in [0.1, 0.15) is 45.2 Å². The number of hydrogen-bond acceptors (Lipinski definition) is 2. The van der Waals surface area contributed by atoms with Crippen LogP contribution in [0, 0.1) is 5.41 Å². The topological polar surface area (TPSA) is 18.5 Å². The van der Waals surface area contributed by atoms with Crippen LogP contribution in [0.25, 0.3) is 17.2 Å². The van der Waals surface area contributed by atoms with E-state index in [9.17, 15) is 0 Å². The van der Waals surface area contributed by atoms with E-state index in [1.54, 1.807) is 6.26 Å². The van der Waals surface area contributed by atoms with E-state index in [1.165, 1.54) is 11.1 Å². The van der Waals surface area contributed by atoms with Crippen LogP contribution in [0.15, 0.2) is 109 Å². The van der Waals surface area contributed by atoms with Crippen LogP contribution in [-0.2, 0) is 10.2 Å². The third-order valence-electron chi connectivity index (χ3n) is 6.22. The zero-order valence-corrected chi connectivity index (χ0v) is 20.0. The fraction of sp³-hybridized carbons (Fsp3) is 0.226. The van der Waals surface area contributed by atoms with Gasteiger partial charge in [0.1, 0.15) is 23.5 Å². The predicted molar refractivity (Wildman–Crippen MR) is 138 cm³/mol. The quantitative estimate of drug-likeness (QED) is 0.360. The van der Waals surface area contributed by atoms with Crippen molar-refractivity contribution in [2.24, 2.45) is 5.41 Å². The molecule has 0 saturated heterocycles. The van der Waals surface area contributed by atoms with Crippen molar-refractivity contribution in [3.05, 3.63) is 120 Å². The van der Waals surface area contributed by atoms with Gasteiger partial charge in [-0.15, -0.1) is 0 Å². The summed E-state index contributed by atoms with van der Waals surface area (Å²) in [7, 11) is 0. The van der Waals surface area contributed by atoms with Crippen LogP contribution >= 0.6 is 0 Å². The summed E-state index contributed by atoms with van der Waals surface area (Å²) in [6.45, 7) is 12.7. The highest BCUT2D eigenvalue weighted by Gasteiger charge is 2.39. The van der Waals surface area contributed by atoms with E-state index in [2.05, 4.69) is 113 Å². The lowest BCUT2D eigenvalue weighted by Crippen LogP contribution is -2.31. The van der Waals surface area contributed by atoms with Gasteiger partial charge in [-0.1, -0.05) is 106 Å². The lowest BCUT2D eigenvalue weighted by atomic mass is 9.75. The maximum absolute atomic E-state index is 6.38. The van der Waals surface area contributed by atoms with Crippen molar-refractivity contribution in [1.82, 2.24) is 0 Å². The molecule has 168 valence electrons. The Morgan fingerprint density at radius 1 is 0.939 bits per heavy atom. The second kappa shape index (κ2) is 9.15. The van der Waals surface area contributed by atoms with Crippen LogP contribution in [-0.4, -0.2) is 0 Å². The second-order valence-electron chi connectivity index (χ2n) is 9.80. The van der Waals surface area contributed by atoms with Crippen molar-refractivity contribution < 1.29 is 9.47 Å². The molecule has 33 heavy (non-hydrogen) atoms. The number of hydrogen-bond donors (Lipinski definition) is 0. The molecule has 1 atom stereocenters. The molecule has 0 unspecified atom stereocenters. The minimum Gasteiger partial charge on any atom is -0.462 e. The second-order valence-corrected chi connectivity index (χ2v) is 9.80. The first-order valence-corrected chi connectivity index (χ1v) is 11.4. The summed E-state index contributed by atoms with van der Waals surface area (Å²) in [5, 5.41) is 0. The largest absolute Gasteiger partial charge is 0.462 e. The Labute approximate surface area is 197 Å². The molecule has 1 heterocycles. The molecule has 0 spiro atoms. The first-order chi connectivity index (χ1) is 15.8. The summed E-state index contributed by atoms with van der Waals surface area (Å²) >= 11 is 0. The number of allylic oxidation sites excluding steroid dienone is 3. The molecule has 0 fully saturated rings. The van der Waals surface area contributed by atoms with Crippen LogP contribution in [0.4, 0.5) is 0 Å². The van der Waals surface area contributed by atoms with Crippen molar-refractivity contribution in [3.63, 3.8) is 0 Å². The standard InChI is InChI=1S/C31H32O2/c1-23(30(2,3)4)33-29-22-32-28-19-18-26(25-16-10-7-11-17-25)21-27(28)31(29,5)20-12-15-24-13-8-6-9-14-24/h6-19,21-22H,1,20H2,2-5H3/b15-12+/t31-/m0/s1. The van der Waals surface area contributed by atoms with Crippen molar-refractivity contribution in [2.45, 2.75) is 39.5 Å². The van der Waals surface area contributed by atoms with Gasteiger partial charge in [0.2, 0.25) is 0 Å². The van der Waals surface area contributed by atoms with Crippen molar-refractivity contribution in [1.29, 1.82) is 0 Å². The number of fused-ring (bicyclic) bond motifs is 1. The molecule has 4 rings (SSSR count). The van der Waals surface area contributed by atoms with E-state index in [4.69, 9.17) is 9.47 Å². The highest BCUT2D eigenvalue weighted by Crippen LogP contribution is 2.47. The Hall–Kier alpha value is -3.52. The smallest absolute Gasteiger partial charge is 0.149 e. The van der Waals surface area contributed by atoms with Gasteiger partial charge in [-0.3, -0.25) is 0 Å². The van der Waals surface area contributed by atoms with Gasteiger partial charge in [-0.2, -0.15) is 0 Å². The van der Waals surface area contributed by atoms with Crippen molar-refractivity contribution in [3.8, 4) is 16.9 Å². The molecule has 3 aromatic carbocycles. The zero-order valence-electron chi connectivity index (χ0n) is 20.0. The highest BCUT2D eigenvalue weighted by molar-refractivity contribution is 5.67. The van der Waals surface area contributed by atoms with E-state index in [-0.39, 0.29) is 5.41 Å². The summed E-state index contributed by atoms with van der Waals surface area (Å²) in [6.07, 6.45) is 6.89. The van der Waals surface area contributed by atoms with E-state index >= 15 is 0 Å². The van der Waals surface area contributed by atoms with E-state index in [0.29, 0.717) is 0 Å². The number of benzene rings is 3. The van der Waals surface area contributed by atoms with Crippen LogP contribution in [0.3, 0.4) is 0 Å². The van der Waals surface area contributed by atoms with Gasteiger partial charge in [0, 0.05) is 11.0 Å². The lowest BCUT2D eigenvalue weighted by molar-refractivity contribution is 0.163. The molecule has 1 aliphatic rings. The minimum absolute atomic E-state index is 0.173. The van der Waals surface area contributed by atoms with Crippen LogP contribution in [0.2, 0.25) is 0 Å². The van der Waals surface area contributed by atoms with Crippen LogP contribution in [0.5, 0.6) is 5.75 Å². The van der Waals surface area contributed by atoms with Crippen LogP contribution < -0.4 is 4.74 Å². The summed E-state index contributed by atoms with van der Waals surface area (Å²) in [6, 6.07) is 27.2. The molecule has 0 aliphatic carbocycles. The molecule has 0 bridgehead atoms. The van der Waals surface area contributed by atoms with Gasteiger partial charge in [0.25, 0.3) is 0 Å². The number of rotatable bonds is 6. The highest BCUT2D eigenvalue weighted by atomic mass is 16.5. The van der Waals surface area contributed by atoms with Gasteiger partial charge in [0.15, 0.2) is 0 Å². The van der Waals surface area contributed by atoms with Gasteiger partial charge >= 0.3 is 0 Å². The third kappa shape index (κ3) is 4.96. The monoisotopic (exact) mass is 436 g/mol. The maximum Gasteiger partial charge on any atom is 0.149 e. The molecule has 0 N–H and O–H groups in total. The summed E-state index contributed by atoms with van der Waals surface area (Å²) < 4.78 is 12.4. The lowest BCUT2D eigenvalue weighted by Gasteiger charge is -2.37. The van der Waals surface area contributed by atoms with E-state index < -0.39 is 5.41 Å². The summed E-state index contributed by atoms with van der Waals surface area (Å²) in [5.41, 5.74) is 4.05. The predicted octanol–water partition coefficient (Wildman–Crippen LogP) is 8.53. The van der Waals surface area contributed by atoms with E-state index in [0.717, 1.165) is 34.8 Å². The summed E-state index contributed by atoms with van der Waals surface area (Å²) in [5.74, 6) is 2.36. The van der Waals surface area contributed by atoms with E-state index in [1.807, 2.05) is 12.1 Å². The van der Waals surface area contributed by atoms with Gasteiger partial charge in [-0.05, 0) is 42.2 Å². The zero-order chi connectivity index (χ0) is 23.5. The molecule has 0 radical (unpaired) electrons. The van der Waals surface area contributed by atoms with Gasteiger partial charge in [-0.25, -0.2) is 0 Å². The first kappa shape index (κ1) is 22.7. The minimum atomic E-state index is -0.405. The average molecular weight is 437 g/mol. The Balaban J connectivity index is 1.74. The Morgan fingerprint density at radius 2 is 1.61 bits per heavy atom. The molecule has 0 saturated carbocycles. The molecule has 2 nitrogen and oxygen atoms in total.